The van der Waals surface area contributed by atoms with Crippen LogP contribution < -0.4 is 10.1 Å². The van der Waals surface area contributed by atoms with Gasteiger partial charge in [-0.3, -0.25) is 0 Å². The summed E-state index contributed by atoms with van der Waals surface area (Å²) in [6.07, 6.45) is 7.22. The molecule has 1 aliphatic carbocycles. The topological polar surface area (TPSA) is 34.1 Å². The second-order valence-electron chi connectivity index (χ2n) is 5.29. The summed E-state index contributed by atoms with van der Waals surface area (Å²) in [6.45, 7) is 2.13. The molecule has 1 heterocycles. The normalized spacial score (nSPS) is 17.1. The first kappa shape index (κ1) is 13.4. The number of hydrogen-bond donors (Lipinski definition) is 1. The van der Waals surface area contributed by atoms with Crippen LogP contribution in [0.25, 0.3) is 0 Å². The number of thiazole rings is 1. The van der Waals surface area contributed by atoms with E-state index < -0.39 is 0 Å². The van der Waals surface area contributed by atoms with Crippen molar-refractivity contribution in [2.75, 3.05) is 5.32 Å². The van der Waals surface area contributed by atoms with E-state index in [1.807, 2.05) is 23.7 Å². The molecule has 1 aliphatic rings. The fourth-order valence-corrected chi connectivity index (χ4v) is 3.26. The molecule has 1 unspecified atom stereocenters. The van der Waals surface area contributed by atoms with Gasteiger partial charge in [-0.15, -0.1) is 11.3 Å². The van der Waals surface area contributed by atoms with Crippen molar-refractivity contribution in [1.29, 1.82) is 0 Å². The predicted octanol–water partition coefficient (Wildman–Crippen LogP) is 4.64. The lowest BCUT2D eigenvalue weighted by atomic mass is 10.2. The Hall–Kier alpha value is -1.55. The summed E-state index contributed by atoms with van der Waals surface area (Å²) < 4.78 is 6.04. The Labute approximate surface area is 124 Å². The third-order valence-corrected chi connectivity index (χ3v) is 4.60. The molecule has 1 atom stereocenters. The van der Waals surface area contributed by atoms with E-state index in [0.717, 1.165) is 16.4 Å². The highest BCUT2D eigenvalue weighted by Crippen LogP contribution is 2.27. The van der Waals surface area contributed by atoms with Crippen LogP contribution in [0.1, 0.15) is 43.7 Å². The molecule has 2 aromatic rings. The Morgan fingerprint density at radius 1 is 1.35 bits per heavy atom. The third kappa shape index (κ3) is 3.31. The molecule has 1 aromatic heterocycles. The highest BCUT2D eigenvalue weighted by atomic mass is 32.1. The van der Waals surface area contributed by atoms with Gasteiger partial charge in [0.05, 0.1) is 12.1 Å². The number of ether oxygens (including phenoxy) is 1. The molecule has 3 rings (SSSR count). The average Bonchev–Trinajstić information content (AvgIpc) is 3.12. The summed E-state index contributed by atoms with van der Waals surface area (Å²) in [5.74, 6) is 0.966. The zero-order valence-corrected chi connectivity index (χ0v) is 12.5. The summed E-state index contributed by atoms with van der Waals surface area (Å²) in [6, 6.07) is 8.46. The van der Waals surface area contributed by atoms with E-state index in [-0.39, 0.29) is 6.04 Å². The monoisotopic (exact) mass is 288 g/mol. The first-order chi connectivity index (χ1) is 9.81. The largest absolute Gasteiger partial charge is 0.490 e. The maximum Gasteiger partial charge on any atom is 0.121 e. The van der Waals surface area contributed by atoms with Gasteiger partial charge in [-0.25, -0.2) is 4.98 Å². The number of rotatable bonds is 5. The summed E-state index contributed by atoms with van der Waals surface area (Å²) in [5, 5.41) is 6.59. The number of anilines is 1. The number of aromatic nitrogens is 1. The molecular formula is C16H20N2OS. The molecule has 0 amide bonds. The van der Waals surface area contributed by atoms with Crippen LogP contribution in [-0.4, -0.2) is 11.1 Å². The molecule has 0 spiro atoms. The van der Waals surface area contributed by atoms with Gasteiger partial charge in [0.15, 0.2) is 0 Å². The highest BCUT2D eigenvalue weighted by Gasteiger charge is 2.16. The fraction of sp³-hybridized carbons (Fsp3) is 0.438. The smallest absolute Gasteiger partial charge is 0.121 e. The van der Waals surface area contributed by atoms with Crippen molar-refractivity contribution >= 4 is 17.0 Å². The third-order valence-electron chi connectivity index (χ3n) is 3.64. The van der Waals surface area contributed by atoms with Gasteiger partial charge in [0.25, 0.3) is 0 Å². The fourth-order valence-electron chi connectivity index (χ4n) is 2.62. The Bertz CT molecular complexity index is 535. The number of benzene rings is 1. The van der Waals surface area contributed by atoms with Crippen molar-refractivity contribution in [1.82, 2.24) is 4.98 Å². The van der Waals surface area contributed by atoms with Crippen molar-refractivity contribution in [3.05, 3.63) is 40.8 Å². The van der Waals surface area contributed by atoms with Gasteiger partial charge in [-0.05, 0) is 44.7 Å². The number of nitrogens with one attached hydrogen (secondary N) is 1. The molecule has 1 fully saturated rings. The summed E-state index contributed by atoms with van der Waals surface area (Å²) in [5.41, 5.74) is 1.09. The highest BCUT2D eigenvalue weighted by molar-refractivity contribution is 7.09. The SMILES string of the molecule is CC(Nc1cccc(OC2CCCC2)c1)c1nccs1. The van der Waals surface area contributed by atoms with Gasteiger partial charge < -0.3 is 10.1 Å². The van der Waals surface area contributed by atoms with Gasteiger partial charge in [0.2, 0.25) is 0 Å². The van der Waals surface area contributed by atoms with Crippen LogP contribution in [0.15, 0.2) is 35.8 Å². The van der Waals surface area contributed by atoms with Crippen LogP contribution in [0.3, 0.4) is 0 Å². The van der Waals surface area contributed by atoms with Crippen LogP contribution in [0.2, 0.25) is 0 Å². The molecule has 106 valence electrons. The van der Waals surface area contributed by atoms with E-state index in [1.165, 1.54) is 25.7 Å². The molecule has 0 saturated heterocycles. The van der Waals surface area contributed by atoms with E-state index in [1.54, 1.807) is 11.3 Å². The second kappa shape index (κ2) is 6.27. The lowest BCUT2D eigenvalue weighted by Gasteiger charge is -2.16. The quantitative estimate of drug-likeness (QED) is 0.870. The van der Waals surface area contributed by atoms with Crippen LogP contribution in [0, 0.1) is 0 Å². The predicted molar refractivity (Wildman–Crippen MR) is 83.5 cm³/mol. The van der Waals surface area contributed by atoms with E-state index >= 15 is 0 Å². The van der Waals surface area contributed by atoms with Crippen LogP contribution in [0.4, 0.5) is 5.69 Å². The Morgan fingerprint density at radius 2 is 2.20 bits per heavy atom. The van der Waals surface area contributed by atoms with Crippen molar-refractivity contribution in [3.63, 3.8) is 0 Å². The van der Waals surface area contributed by atoms with Crippen molar-refractivity contribution in [2.45, 2.75) is 44.8 Å². The maximum absolute atomic E-state index is 6.04. The molecular weight excluding hydrogens is 268 g/mol. The van der Waals surface area contributed by atoms with Crippen LogP contribution in [-0.2, 0) is 0 Å². The Balaban J connectivity index is 1.64. The van der Waals surface area contributed by atoms with Crippen molar-refractivity contribution in [3.8, 4) is 5.75 Å². The maximum atomic E-state index is 6.04. The molecule has 4 heteroatoms. The standard InChI is InChI=1S/C16H20N2OS/c1-12(16-17-9-10-20-16)18-13-5-4-8-15(11-13)19-14-6-2-3-7-14/h4-5,8-12,14,18H,2-3,6-7H2,1H3. The molecule has 3 nitrogen and oxygen atoms in total. The summed E-state index contributed by atoms with van der Waals surface area (Å²) in [7, 11) is 0. The molecule has 0 radical (unpaired) electrons. The lowest BCUT2D eigenvalue weighted by Crippen LogP contribution is -2.11. The van der Waals surface area contributed by atoms with Crippen molar-refractivity contribution in [2.24, 2.45) is 0 Å². The van der Waals surface area contributed by atoms with E-state index in [0.29, 0.717) is 6.10 Å². The average molecular weight is 288 g/mol. The minimum Gasteiger partial charge on any atom is -0.490 e. The molecule has 20 heavy (non-hydrogen) atoms. The molecule has 1 aromatic carbocycles. The van der Waals surface area contributed by atoms with Gasteiger partial charge >= 0.3 is 0 Å². The van der Waals surface area contributed by atoms with Gasteiger partial charge in [-0.2, -0.15) is 0 Å². The molecule has 1 N–H and O–H groups in total. The molecule has 0 aliphatic heterocycles. The van der Waals surface area contributed by atoms with Gasteiger partial charge in [-0.1, -0.05) is 6.07 Å². The van der Waals surface area contributed by atoms with Gasteiger partial charge in [0.1, 0.15) is 10.8 Å². The van der Waals surface area contributed by atoms with Crippen LogP contribution >= 0.6 is 11.3 Å². The molecule has 0 bridgehead atoms. The first-order valence-electron chi connectivity index (χ1n) is 7.24. The van der Waals surface area contributed by atoms with E-state index in [9.17, 15) is 0 Å². The lowest BCUT2D eigenvalue weighted by molar-refractivity contribution is 0.210. The van der Waals surface area contributed by atoms with Crippen molar-refractivity contribution < 1.29 is 4.74 Å². The zero-order chi connectivity index (χ0) is 13.8. The minimum absolute atomic E-state index is 0.219. The second-order valence-corrected chi connectivity index (χ2v) is 6.21. The van der Waals surface area contributed by atoms with E-state index in [2.05, 4.69) is 29.4 Å². The Morgan fingerprint density at radius 3 is 2.95 bits per heavy atom. The number of hydrogen-bond acceptors (Lipinski definition) is 4. The number of nitrogens with zero attached hydrogens (tertiary/aromatic N) is 1. The minimum atomic E-state index is 0.219. The first-order valence-corrected chi connectivity index (χ1v) is 8.12. The van der Waals surface area contributed by atoms with Crippen LogP contribution in [0.5, 0.6) is 5.75 Å². The zero-order valence-electron chi connectivity index (χ0n) is 11.7. The Kier molecular flexibility index (Phi) is 4.21. The summed E-state index contributed by atoms with van der Waals surface area (Å²) >= 11 is 1.68. The van der Waals surface area contributed by atoms with Gasteiger partial charge in [0, 0.05) is 23.3 Å². The summed E-state index contributed by atoms with van der Waals surface area (Å²) in [4.78, 5) is 4.34. The molecule has 1 saturated carbocycles. The van der Waals surface area contributed by atoms with E-state index in [4.69, 9.17) is 4.74 Å².